The van der Waals surface area contributed by atoms with E-state index >= 15 is 0 Å². The molecule has 0 unspecified atom stereocenters. The van der Waals surface area contributed by atoms with Gasteiger partial charge in [-0.25, -0.2) is 9.97 Å². The molecule has 2 rings (SSSR count). The first-order chi connectivity index (χ1) is 8.29. The van der Waals surface area contributed by atoms with Gasteiger partial charge in [0.25, 0.3) is 5.91 Å². The van der Waals surface area contributed by atoms with Gasteiger partial charge < -0.3 is 15.6 Å². The van der Waals surface area contributed by atoms with Gasteiger partial charge in [0.1, 0.15) is 11.5 Å². The number of rotatable bonds is 4. The third kappa shape index (κ3) is 2.77. The Labute approximate surface area is 97.7 Å². The van der Waals surface area contributed by atoms with E-state index in [2.05, 4.69) is 30.6 Å². The van der Waals surface area contributed by atoms with E-state index in [-0.39, 0.29) is 11.6 Å². The van der Waals surface area contributed by atoms with Gasteiger partial charge in [-0.2, -0.15) is 0 Å². The number of imidazole rings is 1. The maximum Gasteiger partial charge on any atom is 0.271 e. The van der Waals surface area contributed by atoms with Gasteiger partial charge in [0.15, 0.2) is 0 Å². The minimum absolute atomic E-state index is 0.274. The summed E-state index contributed by atoms with van der Waals surface area (Å²) in [5.74, 6) is 0.281. The standard InChI is InChI=1S/C10H12N6O/c1-11-9-5-12-4-8(16-9)10(17)14-3-7-2-13-6-15-7/h2,4-6H,3H2,1H3,(H,11,16)(H,13,15)(H,14,17). The number of aromatic nitrogens is 4. The molecule has 0 fully saturated rings. The zero-order chi connectivity index (χ0) is 12.1. The van der Waals surface area contributed by atoms with Crippen molar-refractivity contribution in [3.05, 3.63) is 36.3 Å². The number of carbonyl (C=O) groups excluding carboxylic acids is 1. The number of H-pyrrole nitrogens is 1. The highest BCUT2D eigenvalue weighted by atomic mass is 16.1. The van der Waals surface area contributed by atoms with Crippen molar-refractivity contribution in [2.24, 2.45) is 0 Å². The van der Waals surface area contributed by atoms with Crippen LogP contribution in [0.5, 0.6) is 0 Å². The summed E-state index contributed by atoms with van der Waals surface area (Å²) in [7, 11) is 1.72. The lowest BCUT2D eigenvalue weighted by Gasteiger charge is -2.04. The van der Waals surface area contributed by atoms with Crippen LogP contribution in [0.15, 0.2) is 24.9 Å². The van der Waals surface area contributed by atoms with Gasteiger partial charge in [-0.15, -0.1) is 0 Å². The molecule has 2 aromatic rings. The Morgan fingerprint density at radius 1 is 1.35 bits per heavy atom. The molecular formula is C10H12N6O. The first-order valence-corrected chi connectivity index (χ1v) is 5.05. The second-order valence-corrected chi connectivity index (χ2v) is 3.30. The number of carbonyl (C=O) groups is 1. The van der Waals surface area contributed by atoms with E-state index in [9.17, 15) is 4.79 Å². The van der Waals surface area contributed by atoms with Crippen LogP contribution in [0.4, 0.5) is 5.82 Å². The summed E-state index contributed by atoms with van der Waals surface area (Å²) >= 11 is 0. The molecule has 0 aliphatic heterocycles. The number of anilines is 1. The third-order valence-corrected chi connectivity index (χ3v) is 2.12. The maximum atomic E-state index is 11.7. The van der Waals surface area contributed by atoms with E-state index in [1.54, 1.807) is 25.8 Å². The van der Waals surface area contributed by atoms with Gasteiger partial charge in [-0.3, -0.25) is 9.78 Å². The highest BCUT2D eigenvalue weighted by Gasteiger charge is 2.08. The molecule has 0 saturated carbocycles. The van der Waals surface area contributed by atoms with Gasteiger partial charge in [0.2, 0.25) is 0 Å². The van der Waals surface area contributed by atoms with E-state index in [1.165, 1.54) is 6.20 Å². The van der Waals surface area contributed by atoms with Crippen molar-refractivity contribution < 1.29 is 4.79 Å². The van der Waals surface area contributed by atoms with E-state index in [0.717, 1.165) is 5.69 Å². The molecule has 7 heteroatoms. The second-order valence-electron chi connectivity index (χ2n) is 3.30. The van der Waals surface area contributed by atoms with Crippen molar-refractivity contribution in [3.8, 4) is 0 Å². The quantitative estimate of drug-likeness (QED) is 0.698. The van der Waals surface area contributed by atoms with Crippen LogP contribution >= 0.6 is 0 Å². The fraction of sp³-hybridized carbons (Fsp3) is 0.200. The van der Waals surface area contributed by atoms with Crippen LogP contribution < -0.4 is 10.6 Å². The molecule has 2 aromatic heterocycles. The Morgan fingerprint density at radius 3 is 2.94 bits per heavy atom. The molecule has 1 amide bonds. The predicted molar refractivity (Wildman–Crippen MR) is 61.3 cm³/mol. The summed E-state index contributed by atoms with van der Waals surface area (Å²) < 4.78 is 0. The third-order valence-electron chi connectivity index (χ3n) is 2.12. The molecule has 7 nitrogen and oxygen atoms in total. The smallest absolute Gasteiger partial charge is 0.271 e. The fourth-order valence-electron chi connectivity index (χ4n) is 1.24. The average Bonchev–Trinajstić information content (AvgIpc) is 2.89. The normalized spacial score (nSPS) is 9.94. The van der Waals surface area contributed by atoms with Crippen LogP contribution in [0, 0.1) is 0 Å². The lowest BCUT2D eigenvalue weighted by molar-refractivity contribution is 0.0945. The van der Waals surface area contributed by atoms with Crippen LogP contribution in [0.1, 0.15) is 16.2 Å². The minimum atomic E-state index is -0.274. The van der Waals surface area contributed by atoms with E-state index in [1.807, 2.05) is 0 Å². The molecule has 0 aliphatic rings. The Kier molecular flexibility index (Phi) is 3.29. The van der Waals surface area contributed by atoms with E-state index < -0.39 is 0 Å². The average molecular weight is 232 g/mol. The molecule has 0 saturated heterocycles. The summed E-state index contributed by atoms with van der Waals surface area (Å²) in [6.45, 7) is 0.379. The van der Waals surface area contributed by atoms with Crippen molar-refractivity contribution in [2.75, 3.05) is 12.4 Å². The number of amides is 1. The molecule has 88 valence electrons. The zero-order valence-electron chi connectivity index (χ0n) is 9.27. The van der Waals surface area contributed by atoms with Gasteiger partial charge in [0, 0.05) is 13.2 Å². The molecule has 3 N–H and O–H groups in total. The summed E-state index contributed by atoms with van der Waals surface area (Å²) in [6.07, 6.45) is 6.17. The Balaban J connectivity index is 1.99. The molecule has 0 spiro atoms. The highest BCUT2D eigenvalue weighted by molar-refractivity contribution is 5.92. The van der Waals surface area contributed by atoms with Crippen LogP contribution in [-0.2, 0) is 6.54 Å². The van der Waals surface area contributed by atoms with Crippen LogP contribution in [-0.4, -0.2) is 32.9 Å². The molecule has 0 atom stereocenters. The molecule has 0 aliphatic carbocycles. The largest absolute Gasteiger partial charge is 0.372 e. The zero-order valence-corrected chi connectivity index (χ0v) is 9.27. The lowest BCUT2D eigenvalue weighted by atomic mass is 10.4. The number of hydrogen-bond donors (Lipinski definition) is 3. The molecule has 0 bridgehead atoms. The Bertz CT molecular complexity index is 495. The van der Waals surface area contributed by atoms with Gasteiger partial charge in [-0.05, 0) is 0 Å². The van der Waals surface area contributed by atoms with E-state index in [4.69, 9.17) is 0 Å². The molecular weight excluding hydrogens is 220 g/mol. The summed E-state index contributed by atoms with van der Waals surface area (Å²) in [6, 6.07) is 0. The minimum Gasteiger partial charge on any atom is -0.372 e. The van der Waals surface area contributed by atoms with Crippen LogP contribution in [0.2, 0.25) is 0 Å². The fourth-order valence-corrected chi connectivity index (χ4v) is 1.24. The molecule has 17 heavy (non-hydrogen) atoms. The van der Waals surface area contributed by atoms with Crippen molar-refractivity contribution in [1.82, 2.24) is 25.3 Å². The number of nitrogens with zero attached hydrogens (tertiary/aromatic N) is 3. The number of aromatic amines is 1. The molecule has 0 radical (unpaired) electrons. The first-order valence-electron chi connectivity index (χ1n) is 5.05. The highest BCUT2D eigenvalue weighted by Crippen LogP contribution is 2.01. The van der Waals surface area contributed by atoms with Crippen molar-refractivity contribution in [1.29, 1.82) is 0 Å². The van der Waals surface area contributed by atoms with Crippen LogP contribution in [0.3, 0.4) is 0 Å². The number of hydrogen-bond acceptors (Lipinski definition) is 5. The van der Waals surface area contributed by atoms with Crippen molar-refractivity contribution in [2.45, 2.75) is 6.54 Å². The monoisotopic (exact) mass is 232 g/mol. The topological polar surface area (TPSA) is 95.6 Å². The van der Waals surface area contributed by atoms with Gasteiger partial charge in [-0.1, -0.05) is 0 Å². The molecule has 0 aromatic carbocycles. The maximum absolute atomic E-state index is 11.7. The Hall–Kier alpha value is -2.44. The van der Waals surface area contributed by atoms with Crippen molar-refractivity contribution in [3.63, 3.8) is 0 Å². The molecule has 2 heterocycles. The van der Waals surface area contributed by atoms with Crippen LogP contribution in [0.25, 0.3) is 0 Å². The summed E-state index contributed by atoms with van der Waals surface area (Å²) in [4.78, 5) is 26.5. The van der Waals surface area contributed by atoms with Gasteiger partial charge >= 0.3 is 0 Å². The van der Waals surface area contributed by atoms with Crippen molar-refractivity contribution >= 4 is 11.7 Å². The summed E-state index contributed by atoms with van der Waals surface area (Å²) in [5.41, 5.74) is 1.10. The first kappa shape index (κ1) is 11.1. The van der Waals surface area contributed by atoms with Gasteiger partial charge in [0.05, 0.1) is 31.0 Å². The predicted octanol–water partition coefficient (Wildman–Crippen LogP) is 0.171. The SMILES string of the molecule is CNc1cncc(C(=O)NCc2cnc[nH]2)n1. The summed E-state index contributed by atoms with van der Waals surface area (Å²) in [5, 5.41) is 5.53. The Morgan fingerprint density at radius 2 is 2.24 bits per heavy atom. The number of nitrogens with one attached hydrogen (secondary N) is 3. The lowest BCUT2D eigenvalue weighted by Crippen LogP contribution is -2.24. The second kappa shape index (κ2) is 5.06. The van der Waals surface area contributed by atoms with E-state index in [0.29, 0.717) is 12.4 Å².